The summed E-state index contributed by atoms with van der Waals surface area (Å²) in [5, 5.41) is 2.04. The predicted octanol–water partition coefficient (Wildman–Crippen LogP) is 6.92. The van der Waals surface area contributed by atoms with Gasteiger partial charge in [-0.15, -0.1) is 0 Å². The topological polar surface area (TPSA) is 38.4 Å². The van der Waals surface area contributed by atoms with E-state index in [0.717, 1.165) is 49.9 Å². The van der Waals surface area contributed by atoms with Crippen molar-refractivity contribution in [2.75, 3.05) is 7.05 Å². The van der Waals surface area contributed by atoms with Gasteiger partial charge in [0.2, 0.25) is 5.71 Å². The summed E-state index contributed by atoms with van der Waals surface area (Å²) in [4.78, 5) is 8.59. The van der Waals surface area contributed by atoms with Crippen molar-refractivity contribution in [3.8, 4) is 0 Å². The maximum atomic E-state index is 13.5. The minimum atomic E-state index is -0.258. The van der Waals surface area contributed by atoms with E-state index in [2.05, 4.69) is 42.0 Å². The average molecular weight is 398 g/mol. The van der Waals surface area contributed by atoms with Crippen LogP contribution in [0.4, 0.5) is 4.39 Å². The molecule has 2 aromatic carbocycles. The molecule has 4 rings (SSSR count). The van der Waals surface area contributed by atoms with Crippen LogP contribution in [0.1, 0.15) is 29.3 Å². The fourth-order valence-electron chi connectivity index (χ4n) is 3.80. The summed E-state index contributed by atoms with van der Waals surface area (Å²) < 4.78 is 19.8. The van der Waals surface area contributed by atoms with Gasteiger partial charge in [-0.2, -0.15) is 0 Å². The number of aliphatic imine (C=N–C) groups is 1. The molecule has 2 aromatic heterocycles. The standard InChI is InChI=1S/C26H23FN2O/c1-16-7-13-22-23-14-8-17(2)29-26(23)30-25(22)24(16)18(3)21(6-5-15-28-4)19-9-11-20(27)12-10-19/h5-15H,1-4H3/b6-5-,21-18-,28-15?. The number of halogens is 1. The first kappa shape index (κ1) is 19.8. The molecule has 0 aliphatic carbocycles. The van der Waals surface area contributed by atoms with E-state index in [0.29, 0.717) is 5.71 Å². The van der Waals surface area contributed by atoms with Crippen molar-refractivity contribution < 1.29 is 8.81 Å². The lowest BCUT2D eigenvalue weighted by Crippen LogP contribution is -1.92. The Labute approximate surface area is 175 Å². The fourth-order valence-corrected chi connectivity index (χ4v) is 3.80. The maximum Gasteiger partial charge on any atom is 0.227 e. The summed E-state index contributed by atoms with van der Waals surface area (Å²) >= 11 is 0. The number of nitrogens with zero attached hydrogens (tertiary/aromatic N) is 2. The molecule has 0 aliphatic heterocycles. The third kappa shape index (κ3) is 3.57. The van der Waals surface area contributed by atoms with Crippen LogP contribution in [0.5, 0.6) is 0 Å². The van der Waals surface area contributed by atoms with Crippen LogP contribution in [-0.2, 0) is 0 Å². The summed E-state index contributed by atoms with van der Waals surface area (Å²) in [5.74, 6) is -0.258. The van der Waals surface area contributed by atoms with E-state index >= 15 is 0 Å². The summed E-state index contributed by atoms with van der Waals surface area (Å²) in [6, 6.07) is 14.8. The lowest BCUT2D eigenvalue weighted by atomic mass is 9.91. The Hall–Kier alpha value is -3.53. The van der Waals surface area contributed by atoms with Gasteiger partial charge in [0.1, 0.15) is 11.4 Å². The largest absolute Gasteiger partial charge is 0.437 e. The molecule has 30 heavy (non-hydrogen) atoms. The second-order valence-electron chi connectivity index (χ2n) is 7.35. The number of aryl methyl sites for hydroxylation is 2. The quantitative estimate of drug-likeness (QED) is 0.212. The van der Waals surface area contributed by atoms with Crippen molar-refractivity contribution in [3.63, 3.8) is 0 Å². The highest BCUT2D eigenvalue weighted by Crippen LogP contribution is 2.38. The molecule has 0 spiro atoms. The number of rotatable bonds is 4. The SMILES string of the molecule is CN=C/C=C\C(=C(/C)c1c(C)ccc2c1oc1nc(C)ccc12)c1ccc(F)cc1. The average Bonchev–Trinajstić information content (AvgIpc) is 3.09. The molecule has 0 bridgehead atoms. The summed E-state index contributed by atoms with van der Waals surface area (Å²) in [6.07, 6.45) is 5.62. The zero-order valence-electron chi connectivity index (χ0n) is 17.5. The zero-order valence-corrected chi connectivity index (χ0v) is 17.5. The van der Waals surface area contributed by atoms with Crippen LogP contribution in [0.3, 0.4) is 0 Å². The number of benzene rings is 2. The van der Waals surface area contributed by atoms with Crippen molar-refractivity contribution in [2.45, 2.75) is 20.8 Å². The Morgan fingerprint density at radius 3 is 2.47 bits per heavy atom. The first-order valence-electron chi connectivity index (χ1n) is 9.85. The molecule has 0 unspecified atom stereocenters. The summed E-state index contributed by atoms with van der Waals surface area (Å²) in [5.41, 5.74) is 7.46. The fraction of sp³-hybridized carbons (Fsp3) is 0.154. The van der Waals surface area contributed by atoms with E-state index in [9.17, 15) is 4.39 Å². The number of aromatic nitrogens is 1. The van der Waals surface area contributed by atoms with Gasteiger partial charge in [-0.1, -0.05) is 30.3 Å². The van der Waals surface area contributed by atoms with Crippen LogP contribution >= 0.6 is 0 Å². The van der Waals surface area contributed by atoms with Crippen LogP contribution in [0.15, 0.2) is 70.1 Å². The van der Waals surface area contributed by atoms with Gasteiger partial charge in [0.25, 0.3) is 0 Å². The number of fused-ring (bicyclic) bond motifs is 3. The monoisotopic (exact) mass is 398 g/mol. The first-order valence-corrected chi connectivity index (χ1v) is 9.85. The number of pyridine rings is 1. The Morgan fingerprint density at radius 1 is 1.00 bits per heavy atom. The maximum absolute atomic E-state index is 13.5. The molecule has 0 amide bonds. The molecule has 0 fully saturated rings. The van der Waals surface area contributed by atoms with Gasteiger partial charge in [-0.25, -0.2) is 9.37 Å². The highest BCUT2D eigenvalue weighted by Gasteiger charge is 2.17. The second-order valence-corrected chi connectivity index (χ2v) is 7.35. The molecule has 3 nitrogen and oxygen atoms in total. The van der Waals surface area contributed by atoms with E-state index in [4.69, 9.17) is 4.42 Å². The highest BCUT2D eigenvalue weighted by molar-refractivity contribution is 6.10. The molecule has 4 heteroatoms. The van der Waals surface area contributed by atoms with Crippen molar-refractivity contribution in [2.24, 2.45) is 4.99 Å². The van der Waals surface area contributed by atoms with E-state index in [-0.39, 0.29) is 5.82 Å². The molecule has 0 radical (unpaired) electrons. The minimum absolute atomic E-state index is 0.258. The third-order valence-electron chi connectivity index (χ3n) is 5.29. The summed E-state index contributed by atoms with van der Waals surface area (Å²) in [7, 11) is 1.73. The van der Waals surface area contributed by atoms with Crippen molar-refractivity contribution in [1.29, 1.82) is 0 Å². The lowest BCUT2D eigenvalue weighted by Gasteiger charge is -2.13. The second kappa shape index (κ2) is 8.07. The van der Waals surface area contributed by atoms with E-state index < -0.39 is 0 Å². The molecule has 0 atom stereocenters. The van der Waals surface area contributed by atoms with Crippen molar-refractivity contribution in [1.82, 2.24) is 4.98 Å². The Balaban J connectivity index is 2.03. The van der Waals surface area contributed by atoms with Crippen LogP contribution < -0.4 is 0 Å². The Bertz CT molecular complexity index is 1320. The predicted molar refractivity (Wildman–Crippen MR) is 123 cm³/mol. The van der Waals surface area contributed by atoms with Gasteiger partial charge in [0.15, 0.2) is 0 Å². The van der Waals surface area contributed by atoms with Crippen molar-refractivity contribution >= 4 is 39.4 Å². The number of allylic oxidation sites excluding steroid dienone is 4. The normalized spacial score (nSPS) is 13.1. The minimum Gasteiger partial charge on any atom is -0.437 e. The molecular weight excluding hydrogens is 375 g/mol. The van der Waals surface area contributed by atoms with Gasteiger partial charge in [-0.3, -0.25) is 4.99 Å². The Kier molecular flexibility index (Phi) is 5.32. The Morgan fingerprint density at radius 2 is 1.73 bits per heavy atom. The van der Waals surface area contributed by atoms with Gasteiger partial charge in [0.05, 0.1) is 0 Å². The van der Waals surface area contributed by atoms with Gasteiger partial charge in [-0.05, 0) is 73.4 Å². The zero-order chi connectivity index (χ0) is 21.3. The third-order valence-corrected chi connectivity index (χ3v) is 5.29. The number of furan rings is 1. The van der Waals surface area contributed by atoms with Gasteiger partial charge < -0.3 is 4.42 Å². The van der Waals surface area contributed by atoms with Gasteiger partial charge in [0, 0.05) is 35.3 Å². The van der Waals surface area contributed by atoms with E-state index in [1.165, 1.54) is 12.1 Å². The lowest BCUT2D eigenvalue weighted by molar-refractivity contribution is 0.627. The highest BCUT2D eigenvalue weighted by atomic mass is 19.1. The van der Waals surface area contributed by atoms with Crippen LogP contribution in [0.25, 0.3) is 33.2 Å². The summed E-state index contributed by atoms with van der Waals surface area (Å²) in [6.45, 7) is 6.10. The molecule has 0 saturated heterocycles. The first-order chi connectivity index (χ1) is 14.5. The van der Waals surface area contributed by atoms with E-state index in [1.807, 2.05) is 25.1 Å². The van der Waals surface area contributed by atoms with E-state index in [1.54, 1.807) is 25.4 Å². The molecule has 4 aromatic rings. The van der Waals surface area contributed by atoms with Crippen LogP contribution in [-0.4, -0.2) is 18.2 Å². The van der Waals surface area contributed by atoms with Crippen LogP contribution in [0, 0.1) is 19.7 Å². The molecule has 0 N–H and O–H groups in total. The number of hydrogen-bond acceptors (Lipinski definition) is 3. The number of hydrogen-bond donors (Lipinski definition) is 0. The molecule has 150 valence electrons. The van der Waals surface area contributed by atoms with Crippen LogP contribution in [0.2, 0.25) is 0 Å². The molecule has 0 aliphatic rings. The van der Waals surface area contributed by atoms with Gasteiger partial charge >= 0.3 is 0 Å². The molecule has 0 saturated carbocycles. The smallest absolute Gasteiger partial charge is 0.227 e. The molecule has 2 heterocycles. The molecular formula is C26H23FN2O. The van der Waals surface area contributed by atoms with Crippen molar-refractivity contribution in [3.05, 3.63) is 88.9 Å².